The molecule has 1 aromatic carbocycles. The van der Waals surface area contributed by atoms with E-state index in [0.29, 0.717) is 5.56 Å². The van der Waals surface area contributed by atoms with Gasteiger partial charge in [-0.25, -0.2) is 4.79 Å². The lowest BCUT2D eigenvalue weighted by Crippen LogP contribution is -2.15. The number of furan rings is 1. The highest BCUT2D eigenvalue weighted by Gasteiger charge is 2.19. The number of nitro benzene ring substituents is 1. The van der Waals surface area contributed by atoms with Crippen LogP contribution < -0.4 is 5.32 Å². The van der Waals surface area contributed by atoms with Crippen LogP contribution in [0.1, 0.15) is 26.5 Å². The van der Waals surface area contributed by atoms with Gasteiger partial charge in [-0.3, -0.25) is 14.9 Å². The second-order valence-electron chi connectivity index (χ2n) is 4.18. The first-order valence-electron chi connectivity index (χ1n) is 5.77. The van der Waals surface area contributed by atoms with Crippen molar-refractivity contribution in [3.63, 3.8) is 0 Å². The number of aryl methyl sites for hydroxylation is 1. The van der Waals surface area contributed by atoms with Crippen LogP contribution in [0.4, 0.5) is 11.4 Å². The molecule has 0 spiro atoms. The van der Waals surface area contributed by atoms with Gasteiger partial charge in [-0.2, -0.15) is 0 Å². The number of amides is 1. The normalized spacial score (nSPS) is 10.1. The minimum Gasteiger partial charge on any atom is -0.478 e. The number of carbonyl (C=O) groups excluding carboxylic acids is 1. The Hall–Kier alpha value is -3.16. The van der Waals surface area contributed by atoms with E-state index in [0.717, 1.165) is 18.2 Å². The van der Waals surface area contributed by atoms with E-state index >= 15 is 0 Å². The average molecular weight is 290 g/mol. The number of anilines is 1. The van der Waals surface area contributed by atoms with E-state index in [1.165, 1.54) is 6.26 Å². The van der Waals surface area contributed by atoms with Crippen LogP contribution in [0.15, 0.2) is 34.9 Å². The van der Waals surface area contributed by atoms with E-state index in [-0.39, 0.29) is 22.7 Å². The first-order chi connectivity index (χ1) is 9.90. The molecule has 0 bridgehead atoms. The second kappa shape index (κ2) is 5.45. The zero-order valence-electron chi connectivity index (χ0n) is 10.8. The number of carboxylic acid groups (broad SMARTS) is 1. The number of non-ortho nitro benzene ring substituents is 1. The van der Waals surface area contributed by atoms with Crippen molar-refractivity contribution in [1.82, 2.24) is 0 Å². The monoisotopic (exact) mass is 290 g/mol. The highest BCUT2D eigenvalue weighted by Crippen LogP contribution is 2.23. The highest BCUT2D eigenvalue weighted by molar-refractivity contribution is 6.07. The lowest BCUT2D eigenvalue weighted by atomic mass is 10.1. The van der Waals surface area contributed by atoms with Gasteiger partial charge in [0, 0.05) is 17.7 Å². The van der Waals surface area contributed by atoms with Crippen molar-refractivity contribution >= 4 is 23.3 Å². The Morgan fingerprint density at radius 3 is 2.57 bits per heavy atom. The van der Waals surface area contributed by atoms with E-state index < -0.39 is 16.8 Å². The van der Waals surface area contributed by atoms with Gasteiger partial charge in [-0.15, -0.1) is 0 Å². The van der Waals surface area contributed by atoms with Crippen molar-refractivity contribution in [2.75, 3.05) is 5.32 Å². The highest BCUT2D eigenvalue weighted by atomic mass is 16.6. The molecule has 2 aromatic rings. The fourth-order valence-electron chi connectivity index (χ4n) is 1.72. The molecule has 0 aliphatic rings. The third-order valence-corrected chi connectivity index (χ3v) is 2.76. The Kier molecular flexibility index (Phi) is 3.70. The Morgan fingerprint density at radius 1 is 1.33 bits per heavy atom. The number of nitro groups is 1. The second-order valence-corrected chi connectivity index (χ2v) is 4.18. The van der Waals surface area contributed by atoms with Gasteiger partial charge in [0.2, 0.25) is 0 Å². The van der Waals surface area contributed by atoms with Crippen LogP contribution in [-0.2, 0) is 0 Å². The molecule has 21 heavy (non-hydrogen) atoms. The van der Waals surface area contributed by atoms with Crippen molar-refractivity contribution < 1.29 is 24.0 Å². The molecule has 0 saturated heterocycles. The van der Waals surface area contributed by atoms with Gasteiger partial charge in [0.1, 0.15) is 0 Å². The molecule has 0 aliphatic heterocycles. The van der Waals surface area contributed by atoms with Gasteiger partial charge in [0.25, 0.3) is 11.6 Å². The van der Waals surface area contributed by atoms with Crippen LogP contribution in [0.25, 0.3) is 0 Å². The number of aromatic carboxylic acids is 1. The quantitative estimate of drug-likeness (QED) is 0.658. The number of rotatable bonds is 4. The standard InChI is InChI=1S/C13H10N2O6/c1-7-4-5-21-11(7)12(16)14-10-3-2-8(15(19)20)6-9(10)13(17)18/h2-6H,1H3,(H,14,16)(H,17,18). The number of hydrogen-bond acceptors (Lipinski definition) is 5. The smallest absolute Gasteiger partial charge is 0.338 e. The molecular formula is C13H10N2O6. The summed E-state index contributed by atoms with van der Waals surface area (Å²) in [6.45, 7) is 1.66. The molecule has 0 aliphatic carbocycles. The molecular weight excluding hydrogens is 280 g/mol. The average Bonchev–Trinajstić information content (AvgIpc) is 2.85. The van der Waals surface area contributed by atoms with E-state index in [1.807, 2.05) is 0 Å². The molecule has 0 radical (unpaired) electrons. The van der Waals surface area contributed by atoms with Crippen molar-refractivity contribution in [2.45, 2.75) is 6.92 Å². The van der Waals surface area contributed by atoms with Crippen molar-refractivity contribution in [3.05, 3.63) is 57.5 Å². The molecule has 2 rings (SSSR count). The summed E-state index contributed by atoms with van der Waals surface area (Å²) in [7, 11) is 0. The van der Waals surface area contributed by atoms with E-state index in [4.69, 9.17) is 9.52 Å². The fourth-order valence-corrected chi connectivity index (χ4v) is 1.72. The van der Waals surface area contributed by atoms with Gasteiger partial charge in [-0.05, 0) is 19.1 Å². The third kappa shape index (κ3) is 2.89. The Morgan fingerprint density at radius 2 is 2.05 bits per heavy atom. The van der Waals surface area contributed by atoms with Crippen LogP contribution >= 0.6 is 0 Å². The number of carbonyl (C=O) groups is 2. The van der Waals surface area contributed by atoms with Crippen LogP contribution in [0.3, 0.4) is 0 Å². The minimum absolute atomic E-state index is 0.0460. The van der Waals surface area contributed by atoms with Crippen LogP contribution in [0.2, 0.25) is 0 Å². The summed E-state index contributed by atoms with van der Waals surface area (Å²) in [4.78, 5) is 33.0. The maximum Gasteiger partial charge on any atom is 0.338 e. The van der Waals surface area contributed by atoms with Gasteiger partial charge < -0.3 is 14.8 Å². The molecule has 8 heteroatoms. The van der Waals surface area contributed by atoms with E-state index in [2.05, 4.69) is 5.32 Å². The Labute approximate surface area is 118 Å². The Bertz CT molecular complexity index is 734. The maximum absolute atomic E-state index is 12.0. The van der Waals surface area contributed by atoms with Gasteiger partial charge in [0.15, 0.2) is 5.76 Å². The minimum atomic E-state index is -1.38. The molecule has 0 saturated carbocycles. The predicted octanol–water partition coefficient (Wildman–Crippen LogP) is 2.45. The van der Waals surface area contributed by atoms with Gasteiger partial charge in [-0.1, -0.05) is 0 Å². The fraction of sp³-hybridized carbons (Fsp3) is 0.0769. The zero-order chi connectivity index (χ0) is 15.6. The SMILES string of the molecule is Cc1ccoc1C(=O)Nc1ccc([N+](=O)[O-])cc1C(=O)O. The largest absolute Gasteiger partial charge is 0.478 e. The molecule has 0 unspecified atom stereocenters. The molecule has 0 fully saturated rings. The molecule has 1 aromatic heterocycles. The predicted molar refractivity (Wildman–Crippen MR) is 71.5 cm³/mol. The first kappa shape index (κ1) is 14.3. The molecule has 1 amide bonds. The maximum atomic E-state index is 12.0. The molecule has 0 atom stereocenters. The lowest BCUT2D eigenvalue weighted by Gasteiger charge is -2.07. The van der Waals surface area contributed by atoms with Crippen LogP contribution in [0, 0.1) is 17.0 Å². The number of benzene rings is 1. The summed E-state index contributed by atoms with van der Waals surface area (Å²) in [6.07, 6.45) is 1.33. The first-order valence-corrected chi connectivity index (χ1v) is 5.77. The summed E-state index contributed by atoms with van der Waals surface area (Å²) in [5.74, 6) is -1.97. The van der Waals surface area contributed by atoms with E-state index in [9.17, 15) is 19.7 Å². The summed E-state index contributed by atoms with van der Waals surface area (Å²) < 4.78 is 4.99. The third-order valence-electron chi connectivity index (χ3n) is 2.76. The van der Waals surface area contributed by atoms with E-state index in [1.54, 1.807) is 13.0 Å². The summed E-state index contributed by atoms with van der Waals surface area (Å²) in [6, 6.07) is 4.74. The number of carboxylic acids is 1. The number of nitrogens with zero attached hydrogens (tertiary/aromatic N) is 1. The lowest BCUT2D eigenvalue weighted by molar-refractivity contribution is -0.384. The molecule has 2 N–H and O–H groups in total. The summed E-state index contributed by atoms with van der Waals surface area (Å²) in [5.41, 5.74) is -0.207. The van der Waals surface area contributed by atoms with Gasteiger partial charge >= 0.3 is 5.97 Å². The van der Waals surface area contributed by atoms with Crippen LogP contribution in [0.5, 0.6) is 0 Å². The topological polar surface area (TPSA) is 123 Å². The number of hydrogen-bond donors (Lipinski definition) is 2. The summed E-state index contributed by atoms with van der Waals surface area (Å²) >= 11 is 0. The molecule has 108 valence electrons. The zero-order valence-corrected chi connectivity index (χ0v) is 10.8. The molecule has 8 nitrogen and oxygen atoms in total. The van der Waals surface area contributed by atoms with Crippen molar-refractivity contribution in [1.29, 1.82) is 0 Å². The van der Waals surface area contributed by atoms with Crippen molar-refractivity contribution in [3.8, 4) is 0 Å². The van der Waals surface area contributed by atoms with Gasteiger partial charge in [0.05, 0.1) is 22.4 Å². The summed E-state index contributed by atoms with van der Waals surface area (Å²) in [5, 5.41) is 22.1. The Balaban J connectivity index is 2.36. The number of nitrogens with one attached hydrogen (secondary N) is 1. The van der Waals surface area contributed by atoms with Crippen molar-refractivity contribution in [2.24, 2.45) is 0 Å². The molecule has 1 heterocycles. The van der Waals surface area contributed by atoms with Crippen LogP contribution in [-0.4, -0.2) is 21.9 Å².